The number of benzene rings is 4. The van der Waals surface area contributed by atoms with Gasteiger partial charge in [0.15, 0.2) is 4.34 Å². The molecule has 0 aliphatic heterocycles. The van der Waals surface area contributed by atoms with E-state index in [9.17, 15) is 4.39 Å². The van der Waals surface area contributed by atoms with E-state index >= 15 is 0 Å². The van der Waals surface area contributed by atoms with Gasteiger partial charge in [-0.3, -0.25) is 4.99 Å². The molecule has 0 amide bonds. The van der Waals surface area contributed by atoms with Gasteiger partial charge in [0.1, 0.15) is 5.82 Å². The van der Waals surface area contributed by atoms with Crippen molar-refractivity contribution in [2.45, 2.75) is 9.59 Å². The van der Waals surface area contributed by atoms with Crippen molar-refractivity contribution in [1.29, 1.82) is 0 Å². The van der Waals surface area contributed by atoms with Gasteiger partial charge < -0.3 is 0 Å². The van der Waals surface area contributed by atoms with E-state index in [1.807, 2.05) is 48.5 Å². The lowest BCUT2D eigenvalue weighted by atomic mass is 10.0. The Morgan fingerprint density at radius 1 is 0.882 bits per heavy atom. The number of rotatable bonds is 6. The molecular weight excluding hydrogens is 506 g/mol. The number of aromatic nitrogens is 1. The molecule has 1 aromatic heterocycles. The molecule has 7 heteroatoms. The smallest absolute Gasteiger partial charge is 0.152 e. The van der Waals surface area contributed by atoms with Crippen molar-refractivity contribution >= 4 is 68.4 Å². The first-order chi connectivity index (χ1) is 16.6. The highest BCUT2D eigenvalue weighted by Crippen LogP contribution is 2.43. The van der Waals surface area contributed by atoms with Crippen LogP contribution >= 0.6 is 46.3 Å². The quantitative estimate of drug-likeness (QED) is 0.164. The molecule has 0 aliphatic rings. The van der Waals surface area contributed by atoms with Crippen LogP contribution in [0.5, 0.6) is 0 Å². The van der Waals surface area contributed by atoms with Gasteiger partial charge in [-0.2, -0.15) is 0 Å². The topological polar surface area (TPSA) is 25.2 Å². The molecule has 0 fully saturated rings. The molecule has 0 N–H and O–H groups in total. The van der Waals surface area contributed by atoms with Crippen LogP contribution in [0.25, 0.3) is 10.2 Å². The van der Waals surface area contributed by atoms with Crippen molar-refractivity contribution in [3.63, 3.8) is 0 Å². The van der Waals surface area contributed by atoms with Crippen LogP contribution in [-0.2, 0) is 0 Å². The second kappa shape index (κ2) is 10.3. The maximum Gasteiger partial charge on any atom is 0.152 e. The molecule has 5 rings (SSSR count). The Morgan fingerprint density at radius 3 is 2.41 bits per heavy atom. The standard InChI is InChI=1S/C27H17Cl2FN2S2/c28-19-11-9-18(10-12-19)26(17-5-2-1-3-6-17)34-27-32-24-14-13-20(15-25(24)33-27)31-16-21-22(29)7-4-8-23(21)30/h1-16,26H/t26-/m0/s1. The summed E-state index contributed by atoms with van der Waals surface area (Å²) < 4.78 is 16.0. The lowest BCUT2D eigenvalue weighted by Gasteiger charge is -2.16. The normalized spacial score (nSPS) is 12.4. The highest BCUT2D eigenvalue weighted by Gasteiger charge is 2.18. The maximum atomic E-state index is 14.0. The molecule has 0 radical (unpaired) electrons. The molecule has 0 aliphatic carbocycles. The van der Waals surface area contributed by atoms with Crippen LogP contribution in [0.1, 0.15) is 21.9 Å². The van der Waals surface area contributed by atoms with E-state index in [0.29, 0.717) is 15.7 Å². The number of aliphatic imine (C=N–C) groups is 1. The molecule has 34 heavy (non-hydrogen) atoms. The van der Waals surface area contributed by atoms with Crippen LogP contribution in [0, 0.1) is 5.82 Å². The molecule has 5 aromatic rings. The number of hydrogen-bond donors (Lipinski definition) is 0. The summed E-state index contributed by atoms with van der Waals surface area (Å²) in [5.41, 5.74) is 4.24. The number of thioether (sulfide) groups is 1. The fourth-order valence-corrected chi connectivity index (χ4v) is 6.25. The molecule has 0 spiro atoms. The zero-order valence-corrected chi connectivity index (χ0v) is 20.8. The third-order valence-electron chi connectivity index (χ3n) is 5.19. The van der Waals surface area contributed by atoms with Crippen molar-refractivity contribution in [3.05, 3.63) is 124 Å². The van der Waals surface area contributed by atoms with E-state index in [2.05, 4.69) is 29.3 Å². The third kappa shape index (κ3) is 5.18. The lowest BCUT2D eigenvalue weighted by molar-refractivity contribution is 0.626. The van der Waals surface area contributed by atoms with Gasteiger partial charge in [-0.05, 0) is 53.6 Å². The summed E-state index contributed by atoms with van der Waals surface area (Å²) in [7, 11) is 0. The molecular formula is C27H17Cl2FN2S2. The van der Waals surface area contributed by atoms with E-state index in [0.717, 1.165) is 20.1 Å². The third-order valence-corrected chi connectivity index (χ3v) is 8.19. The first-order valence-corrected chi connectivity index (χ1v) is 12.9. The molecule has 168 valence electrons. The van der Waals surface area contributed by atoms with E-state index in [1.54, 1.807) is 35.2 Å². The predicted octanol–water partition coefficient (Wildman–Crippen LogP) is 9.37. The van der Waals surface area contributed by atoms with Crippen LogP contribution < -0.4 is 0 Å². The van der Waals surface area contributed by atoms with Crippen LogP contribution in [0.2, 0.25) is 10.0 Å². The van der Waals surface area contributed by atoms with E-state index in [4.69, 9.17) is 28.2 Å². The van der Waals surface area contributed by atoms with Crippen LogP contribution in [0.15, 0.2) is 100 Å². The highest BCUT2D eigenvalue weighted by atomic mass is 35.5. The van der Waals surface area contributed by atoms with Crippen molar-refractivity contribution < 1.29 is 4.39 Å². The molecule has 0 saturated heterocycles. The van der Waals surface area contributed by atoms with E-state index < -0.39 is 5.82 Å². The second-order valence-electron chi connectivity index (χ2n) is 7.49. The SMILES string of the molecule is Fc1cccc(Cl)c1C=Nc1ccc2nc(S[C@@H](c3ccccc3)c3ccc(Cl)cc3)sc2c1. The summed E-state index contributed by atoms with van der Waals surface area (Å²) in [6.45, 7) is 0. The molecule has 0 saturated carbocycles. The van der Waals surface area contributed by atoms with Crippen molar-refractivity contribution in [2.24, 2.45) is 4.99 Å². The average molecular weight is 523 g/mol. The fraction of sp³-hybridized carbons (Fsp3) is 0.0370. The van der Waals surface area contributed by atoms with Crippen molar-refractivity contribution in [3.8, 4) is 0 Å². The minimum absolute atomic E-state index is 0.0831. The summed E-state index contributed by atoms with van der Waals surface area (Å²) >= 11 is 15.5. The zero-order valence-electron chi connectivity index (χ0n) is 17.7. The van der Waals surface area contributed by atoms with Crippen molar-refractivity contribution in [2.75, 3.05) is 0 Å². The zero-order chi connectivity index (χ0) is 23.5. The Balaban J connectivity index is 1.44. The van der Waals surface area contributed by atoms with Gasteiger partial charge in [0.2, 0.25) is 0 Å². The summed E-state index contributed by atoms with van der Waals surface area (Å²) in [5, 5.41) is 1.13. The van der Waals surface area contributed by atoms with Gasteiger partial charge in [0, 0.05) is 16.8 Å². The van der Waals surface area contributed by atoms with Gasteiger partial charge >= 0.3 is 0 Å². The Bertz CT molecular complexity index is 1450. The first-order valence-electron chi connectivity index (χ1n) is 10.4. The van der Waals surface area contributed by atoms with Crippen LogP contribution in [-0.4, -0.2) is 11.2 Å². The molecule has 1 heterocycles. The Morgan fingerprint density at radius 2 is 1.65 bits per heavy atom. The number of fused-ring (bicyclic) bond motifs is 1. The molecule has 4 aromatic carbocycles. The minimum Gasteiger partial charge on any atom is -0.256 e. The largest absolute Gasteiger partial charge is 0.256 e. The maximum absolute atomic E-state index is 14.0. The van der Waals surface area contributed by atoms with Crippen molar-refractivity contribution in [1.82, 2.24) is 4.98 Å². The molecule has 1 atom stereocenters. The van der Waals surface area contributed by atoms with Gasteiger partial charge in [-0.25, -0.2) is 9.37 Å². The lowest BCUT2D eigenvalue weighted by Crippen LogP contribution is -1.96. The van der Waals surface area contributed by atoms with Gasteiger partial charge in [-0.1, -0.05) is 83.5 Å². The Labute approximate surface area is 215 Å². The second-order valence-corrected chi connectivity index (χ2v) is 10.7. The first kappa shape index (κ1) is 23.1. The monoisotopic (exact) mass is 522 g/mol. The molecule has 0 unspecified atom stereocenters. The van der Waals surface area contributed by atoms with E-state index in [1.165, 1.54) is 17.8 Å². The fourth-order valence-electron chi connectivity index (χ4n) is 3.49. The summed E-state index contributed by atoms with van der Waals surface area (Å²) in [6.07, 6.45) is 1.46. The Hall–Kier alpha value is -2.70. The van der Waals surface area contributed by atoms with Gasteiger partial charge in [0.25, 0.3) is 0 Å². The van der Waals surface area contributed by atoms with Gasteiger partial charge in [0.05, 0.1) is 26.2 Å². The summed E-state index contributed by atoms with van der Waals surface area (Å²) in [6, 6.07) is 28.7. The summed E-state index contributed by atoms with van der Waals surface area (Å²) in [5.74, 6) is -0.400. The number of halogens is 3. The molecule has 2 nitrogen and oxygen atoms in total. The van der Waals surface area contributed by atoms with E-state index in [-0.39, 0.29) is 10.8 Å². The van der Waals surface area contributed by atoms with Crippen LogP contribution in [0.4, 0.5) is 10.1 Å². The van der Waals surface area contributed by atoms with Gasteiger partial charge in [-0.15, -0.1) is 11.3 Å². The number of thiazole rings is 1. The number of hydrogen-bond acceptors (Lipinski definition) is 4. The number of nitrogens with zero attached hydrogens (tertiary/aromatic N) is 2. The highest BCUT2D eigenvalue weighted by molar-refractivity contribution is 8.01. The average Bonchev–Trinajstić information content (AvgIpc) is 3.25. The van der Waals surface area contributed by atoms with Crippen LogP contribution in [0.3, 0.4) is 0 Å². The molecule has 0 bridgehead atoms. The minimum atomic E-state index is -0.400. The Kier molecular flexibility index (Phi) is 6.97. The predicted molar refractivity (Wildman–Crippen MR) is 144 cm³/mol. The summed E-state index contributed by atoms with van der Waals surface area (Å²) in [4.78, 5) is 9.26.